The largest absolute Gasteiger partial charge is 0.391 e. The summed E-state index contributed by atoms with van der Waals surface area (Å²) >= 11 is 1.45. The number of ether oxygens (including phenoxy) is 1. The van der Waals surface area contributed by atoms with Crippen molar-refractivity contribution in [2.24, 2.45) is 0 Å². The Morgan fingerprint density at radius 2 is 1.68 bits per heavy atom. The number of nitrogens with two attached hydrogens (primary N) is 1. The summed E-state index contributed by atoms with van der Waals surface area (Å²) in [5.74, 6) is -0.902. The van der Waals surface area contributed by atoms with Crippen molar-refractivity contribution < 1.29 is 18.6 Å². The van der Waals surface area contributed by atoms with Crippen LogP contribution in [0.25, 0.3) is 10.2 Å². The van der Waals surface area contributed by atoms with E-state index in [1.807, 2.05) is 18.2 Å². The number of anilines is 1. The molecule has 0 bridgehead atoms. The highest BCUT2D eigenvalue weighted by molar-refractivity contribution is 7.22. The molecule has 8 heteroatoms. The minimum atomic E-state index is -0.634. The standard InChI is InChI=1S/C26H25F2N3O2S/c27-18-6-2-16(3-7-18)25(17-4-8-19(28)9-5-17)23-12-22(32)21(14-33-23)30-13-15-1-10-20-24(11-15)34-26(29)31-20/h1-11,21-23,25,30,32H,12-14H2,(H2,29,31). The number of rotatable bonds is 6. The highest BCUT2D eigenvalue weighted by Crippen LogP contribution is 2.35. The Kier molecular flexibility index (Phi) is 6.56. The van der Waals surface area contributed by atoms with Crippen molar-refractivity contribution in [3.63, 3.8) is 0 Å². The van der Waals surface area contributed by atoms with E-state index in [-0.39, 0.29) is 29.7 Å². The first-order valence-electron chi connectivity index (χ1n) is 11.1. The average Bonchev–Trinajstić information content (AvgIpc) is 3.20. The van der Waals surface area contributed by atoms with Gasteiger partial charge in [0.1, 0.15) is 11.6 Å². The first-order chi connectivity index (χ1) is 16.5. The van der Waals surface area contributed by atoms with Gasteiger partial charge in [-0.2, -0.15) is 0 Å². The van der Waals surface area contributed by atoms with Crippen molar-refractivity contribution >= 4 is 26.7 Å². The minimum Gasteiger partial charge on any atom is -0.391 e. The van der Waals surface area contributed by atoms with Gasteiger partial charge in [0.15, 0.2) is 5.13 Å². The zero-order chi connectivity index (χ0) is 23.7. The molecule has 0 spiro atoms. The summed E-state index contributed by atoms with van der Waals surface area (Å²) in [7, 11) is 0. The molecule has 0 aliphatic carbocycles. The highest BCUT2D eigenvalue weighted by Gasteiger charge is 2.35. The molecule has 3 aromatic carbocycles. The lowest BCUT2D eigenvalue weighted by Gasteiger charge is -2.38. The van der Waals surface area contributed by atoms with Crippen LogP contribution in [0.2, 0.25) is 0 Å². The van der Waals surface area contributed by atoms with Gasteiger partial charge in [-0.1, -0.05) is 41.7 Å². The zero-order valence-electron chi connectivity index (χ0n) is 18.3. The number of aliphatic hydroxyl groups excluding tert-OH is 1. The maximum Gasteiger partial charge on any atom is 0.181 e. The van der Waals surface area contributed by atoms with E-state index in [1.165, 1.54) is 35.6 Å². The van der Waals surface area contributed by atoms with Crippen molar-refractivity contribution in [3.05, 3.63) is 95.1 Å². The van der Waals surface area contributed by atoms with Gasteiger partial charge in [0.25, 0.3) is 0 Å². The van der Waals surface area contributed by atoms with Crippen molar-refractivity contribution in [1.82, 2.24) is 10.3 Å². The Morgan fingerprint density at radius 1 is 1.03 bits per heavy atom. The van der Waals surface area contributed by atoms with Gasteiger partial charge in [-0.15, -0.1) is 0 Å². The lowest BCUT2D eigenvalue weighted by atomic mass is 9.82. The number of halogens is 2. The van der Waals surface area contributed by atoms with E-state index in [1.54, 1.807) is 24.3 Å². The second-order valence-electron chi connectivity index (χ2n) is 8.60. The van der Waals surface area contributed by atoms with E-state index in [9.17, 15) is 13.9 Å². The van der Waals surface area contributed by atoms with Gasteiger partial charge < -0.3 is 20.9 Å². The number of fused-ring (bicyclic) bond motifs is 1. The lowest BCUT2D eigenvalue weighted by Crippen LogP contribution is -2.50. The van der Waals surface area contributed by atoms with Crippen LogP contribution in [0.5, 0.6) is 0 Å². The number of hydrogen-bond acceptors (Lipinski definition) is 6. The summed E-state index contributed by atoms with van der Waals surface area (Å²) in [5.41, 5.74) is 9.45. The SMILES string of the molecule is Nc1nc2ccc(CNC3COC(C(c4ccc(F)cc4)c4ccc(F)cc4)CC3O)cc2s1. The topological polar surface area (TPSA) is 80.4 Å². The molecule has 3 atom stereocenters. The molecule has 1 aromatic heterocycles. The summed E-state index contributed by atoms with van der Waals surface area (Å²) in [6, 6.07) is 18.2. The predicted octanol–water partition coefficient (Wildman–Crippen LogP) is 4.60. The molecular weight excluding hydrogens is 456 g/mol. The number of nitrogens with zero attached hydrogens (tertiary/aromatic N) is 1. The van der Waals surface area contributed by atoms with Crippen LogP contribution in [0.3, 0.4) is 0 Å². The molecule has 1 aliphatic rings. The number of aliphatic hydroxyl groups is 1. The quantitative estimate of drug-likeness (QED) is 0.375. The minimum absolute atomic E-state index is 0.236. The maximum atomic E-state index is 13.5. The fourth-order valence-electron chi connectivity index (χ4n) is 4.54. The molecule has 1 aliphatic heterocycles. The van der Waals surface area contributed by atoms with E-state index < -0.39 is 6.10 Å². The number of aromatic nitrogens is 1. The van der Waals surface area contributed by atoms with Crippen molar-refractivity contribution in [2.45, 2.75) is 37.1 Å². The van der Waals surface area contributed by atoms with Crippen LogP contribution in [0, 0.1) is 11.6 Å². The first-order valence-corrected chi connectivity index (χ1v) is 12.0. The molecule has 1 saturated heterocycles. The van der Waals surface area contributed by atoms with Gasteiger partial charge in [-0.05, 0) is 53.1 Å². The van der Waals surface area contributed by atoms with Crippen molar-refractivity contribution in [2.75, 3.05) is 12.3 Å². The Labute approximate surface area is 200 Å². The van der Waals surface area contributed by atoms with Crippen LogP contribution < -0.4 is 11.1 Å². The molecule has 3 unspecified atom stereocenters. The molecule has 2 heterocycles. The fourth-order valence-corrected chi connectivity index (χ4v) is 5.34. The summed E-state index contributed by atoms with van der Waals surface area (Å²) in [6.45, 7) is 0.892. The third-order valence-corrected chi connectivity index (χ3v) is 7.14. The highest BCUT2D eigenvalue weighted by atomic mass is 32.1. The van der Waals surface area contributed by atoms with Crippen LogP contribution >= 0.6 is 11.3 Å². The van der Waals surface area contributed by atoms with Crippen molar-refractivity contribution in [1.29, 1.82) is 0 Å². The average molecular weight is 482 g/mol. The Hall–Kier alpha value is -2.91. The van der Waals surface area contributed by atoms with E-state index >= 15 is 0 Å². The number of nitrogens with one attached hydrogen (secondary N) is 1. The van der Waals surface area contributed by atoms with Crippen molar-refractivity contribution in [3.8, 4) is 0 Å². The normalized spacial score (nSPS) is 20.8. The lowest BCUT2D eigenvalue weighted by molar-refractivity contribution is -0.0718. The molecule has 34 heavy (non-hydrogen) atoms. The third-order valence-electron chi connectivity index (χ3n) is 6.30. The van der Waals surface area contributed by atoms with Crippen LogP contribution in [0.4, 0.5) is 13.9 Å². The monoisotopic (exact) mass is 481 g/mol. The van der Waals surface area contributed by atoms with E-state index in [0.29, 0.717) is 24.7 Å². The van der Waals surface area contributed by atoms with Crippen LogP contribution in [-0.4, -0.2) is 34.9 Å². The molecule has 0 saturated carbocycles. The molecule has 1 fully saturated rings. The van der Waals surface area contributed by atoms with Gasteiger partial charge in [0.2, 0.25) is 0 Å². The summed E-state index contributed by atoms with van der Waals surface area (Å²) in [6.07, 6.45) is -0.577. The predicted molar refractivity (Wildman–Crippen MR) is 130 cm³/mol. The fraction of sp³-hybridized carbons (Fsp3) is 0.269. The van der Waals surface area contributed by atoms with Crippen LogP contribution in [-0.2, 0) is 11.3 Å². The smallest absolute Gasteiger partial charge is 0.181 e. The molecule has 0 amide bonds. The Bertz CT molecular complexity index is 1220. The second kappa shape index (κ2) is 9.76. The van der Waals surface area contributed by atoms with Gasteiger partial charge in [-0.25, -0.2) is 13.8 Å². The Balaban J connectivity index is 1.29. The molecule has 5 rings (SSSR count). The van der Waals surface area contributed by atoms with E-state index in [2.05, 4.69) is 10.3 Å². The number of benzene rings is 3. The molecule has 4 aromatic rings. The van der Waals surface area contributed by atoms with E-state index in [4.69, 9.17) is 10.5 Å². The molecule has 176 valence electrons. The molecular formula is C26H25F2N3O2S. The number of thiazole rings is 1. The van der Waals surface area contributed by atoms with Gasteiger partial charge in [0.05, 0.1) is 35.1 Å². The second-order valence-corrected chi connectivity index (χ2v) is 9.66. The summed E-state index contributed by atoms with van der Waals surface area (Å²) < 4.78 is 34.3. The summed E-state index contributed by atoms with van der Waals surface area (Å²) in [5, 5.41) is 14.9. The molecule has 4 N–H and O–H groups in total. The van der Waals surface area contributed by atoms with Crippen LogP contribution in [0.1, 0.15) is 29.0 Å². The van der Waals surface area contributed by atoms with Gasteiger partial charge in [0, 0.05) is 18.9 Å². The molecule has 5 nitrogen and oxygen atoms in total. The van der Waals surface area contributed by atoms with Crippen LogP contribution in [0.15, 0.2) is 66.7 Å². The zero-order valence-corrected chi connectivity index (χ0v) is 19.1. The summed E-state index contributed by atoms with van der Waals surface area (Å²) in [4.78, 5) is 4.27. The number of nitrogen functional groups attached to an aromatic ring is 1. The third kappa shape index (κ3) is 4.95. The van der Waals surface area contributed by atoms with Gasteiger partial charge in [-0.3, -0.25) is 0 Å². The maximum absolute atomic E-state index is 13.5. The molecule has 0 radical (unpaired) electrons. The van der Waals surface area contributed by atoms with E-state index in [0.717, 1.165) is 26.9 Å². The first kappa shape index (κ1) is 22.9. The number of hydrogen-bond donors (Lipinski definition) is 3. The van der Waals surface area contributed by atoms with Gasteiger partial charge >= 0.3 is 0 Å². The Morgan fingerprint density at radius 3 is 2.29 bits per heavy atom.